The Morgan fingerprint density at radius 1 is 1.14 bits per heavy atom. The van der Waals surface area contributed by atoms with Crippen molar-refractivity contribution in [3.8, 4) is 0 Å². The molecule has 1 saturated heterocycles. The molecule has 0 unspecified atom stereocenters. The number of carbonyl (C=O) groups excluding carboxylic acids is 2. The lowest BCUT2D eigenvalue weighted by Gasteiger charge is -2.16. The molecule has 144 valence electrons. The normalized spacial score (nSPS) is 18.1. The van der Waals surface area contributed by atoms with Crippen molar-refractivity contribution in [2.24, 2.45) is 15.9 Å². The van der Waals surface area contributed by atoms with Gasteiger partial charge in [0.2, 0.25) is 11.8 Å². The summed E-state index contributed by atoms with van der Waals surface area (Å²) in [4.78, 5) is 26.1. The van der Waals surface area contributed by atoms with Crippen LogP contribution < -0.4 is 10.6 Å². The van der Waals surface area contributed by atoms with Crippen LogP contribution in [-0.2, 0) is 9.59 Å². The largest absolute Gasteiger partial charge is 0.377 e. The van der Waals surface area contributed by atoms with E-state index in [2.05, 4.69) is 10.2 Å². The molecule has 1 aliphatic heterocycles. The second kappa shape index (κ2) is 8.77. The van der Waals surface area contributed by atoms with Gasteiger partial charge in [0.15, 0.2) is 5.17 Å². The number of benzene rings is 2. The van der Waals surface area contributed by atoms with Crippen LogP contribution in [0, 0.1) is 0 Å². The van der Waals surface area contributed by atoms with E-state index in [0.29, 0.717) is 10.7 Å². The van der Waals surface area contributed by atoms with Crippen LogP contribution in [0.1, 0.15) is 18.9 Å². The van der Waals surface area contributed by atoms with E-state index in [1.165, 1.54) is 12.1 Å². The predicted molar refractivity (Wildman–Crippen MR) is 115 cm³/mol. The van der Waals surface area contributed by atoms with Gasteiger partial charge in [0.1, 0.15) is 5.25 Å². The molecule has 2 N–H and O–H groups in total. The molecule has 1 atom stereocenters. The van der Waals surface area contributed by atoms with E-state index in [9.17, 15) is 9.59 Å². The third-order valence-corrected chi connectivity index (χ3v) is 5.54. The number of amidine groups is 1. The molecule has 2 aromatic carbocycles. The van der Waals surface area contributed by atoms with Crippen molar-refractivity contribution in [3.63, 3.8) is 0 Å². The number of nitrogens with two attached hydrogens (primary N) is 1. The molecule has 0 saturated carbocycles. The van der Waals surface area contributed by atoms with Crippen LogP contribution in [0.25, 0.3) is 0 Å². The van der Waals surface area contributed by atoms with Crippen LogP contribution in [0.2, 0.25) is 10.0 Å². The zero-order valence-corrected chi connectivity index (χ0v) is 17.1. The minimum absolute atomic E-state index is 0.00998. The number of imide groups is 1. The van der Waals surface area contributed by atoms with Crippen LogP contribution in [0.5, 0.6) is 0 Å². The Hall–Kier alpha value is -2.35. The van der Waals surface area contributed by atoms with Gasteiger partial charge in [0, 0.05) is 11.4 Å². The van der Waals surface area contributed by atoms with Crippen molar-refractivity contribution in [2.45, 2.75) is 18.6 Å². The molecule has 6 nitrogen and oxygen atoms in total. The molecule has 9 heteroatoms. The molecule has 2 aromatic rings. The molecule has 2 amide bonds. The van der Waals surface area contributed by atoms with Crippen molar-refractivity contribution >= 4 is 63.3 Å². The fourth-order valence-corrected chi connectivity index (χ4v) is 3.82. The summed E-state index contributed by atoms with van der Waals surface area (Å²) in [6.07, 6.45) is -0.00998. The molecule has 0 aromatic heterocycles. The van der Waals surface area contributed by atoms with Gasteiger partial charge in [0.25, 0.3) is 0 Å². The maximum atomic E-state index is 12.7. The van der Waals surface area contributed by atoms with Crippen LogP contribution in [0.3, 0.4) is 0 Å². The van der Waals surface area contributed by atoms with Gasteiger partial charge in [-0.3, -0.25) is 9.59 Å². The topological polar surface area (TPSA) is 88.1 Å². The van der Waals surface area contributed by atoms with Crippen LogP contribution in [0.4, 0.5) is 5.69 Å². The number of hydrogen-bond donors (Lipinski definition) is 1. The first-order chi connectivity index (χ1) is 13.4. The molecule has 1 fully saturated rings. The third-order valence-electron chi connectivity index (χ3n) is 4.01. The Kier molecular flexibility index (Phi) is 6.39. The highest BCUT2D eigenvalue weighted by Gasteiger charge is 2.41. The highest BCUT2D eigenvalue weighted by Crippen LogP contribution is 2.35. The van der Waals surface area contributed by atoms with Crippen molar-refractivity contribution < 1.29 is 9.59 Å². The van der Waals surface area contributed by atoms with E-state index < -0.39 is 11.2 Å². The zero-order valence-electron chi connectivity index (χ0n) is 14.8. The van der Waals surface area contributed by atoms with E-state index in [-0.39, 0.29) is 28.2 Å². The Morgan fingerprint density at radius 2 is 1.86 bits per heavy atom. The van der Waals surface area contributed by atoms with Crippen molar-refractivity contribution in [2.75, 3.05) is 4.90 Å². The zero-order chi connectivity index (χ0) is 20.3. The monoisotopic (exact) mass is 434 g/mol. The summed E-state index contributed by atoms with van der Waals surface area (Å²) in [5.74, 6) is -0.787. The lowest BCUT2D eigenvalue weighted by molar-refractivity contribution is -0.121. The number of halogens is 2. The maximum Gasteiger partial charge on any atom is 0.247 e. The van der Waals surface area contributed by atoms with E-state index in [1.807, 2.05) is 37.3 Å². The molecule has 1 heterocycles. The van der Waals surface area contributed by atoms with Crippen molar-refractivity contribution in [1.29, 1.82) is 0 Å². The van der Waals surface area contributed by atoms with E-state index in [4.69, 9.17) is 28.9 Å². The first-order valence-electron chi connectivity index (χ1n) is 8.28. The number of hydrogen-bond acceptors (Lipinski definition) is 5. The first kappa shape index (κ1) is 20.4. The maximum absolute atomic E-state index is 12.7. The van der Waals surface area contributed by atoms with E-state index >= 15 is 0 Å². The summed E-state index contributed by atoms with van der Waals surface area (Å²) in [7, 11) is 0. The molecular weight excluding hydrogens is 419 g/mol. The van der Waals surface area contributed by atoms with Crippen LogP contribution in [-0.4, -0.2) is 27.9 Å². The highest BCUT2D eigenvalue weighted by molar-refractivity contribution is 8.14. The van der Waals surface area contributed by atoms with Gasteiger partial charge in [0.05, 0.1) is 16.4 Å². The van der Waals surface area contributed by atoms with Crippen LogP contribution in [0.15, 0.2) is 58.7 Å². The van der Waals surface area contributed by atoms with Gasteiger partial charge in [-0.05, 0) is 30.7 Å². The first-order valence-corrected chi connectivity index (χ1v) is 9.92. The summed E-state index contributed by atoms with van der Waals surface area (Å²) in [5.41, 5.74) is 7.77. The Balaban J connectivity index is 1.74. The predicted octanol–water partition coefficient (Wildman–Crippen LogP) is 4.10. The molecule has 0 bridgehead atoms. The number of thioether (sulfide) groups is 1. The number of amides is 2. The Labute approximate surface area is 176 Å². The summed E-state index contributed by atoms with van der Waals surface area (Å²) in [6.45, 7) is 1.81. The highest BCUT2D eigenvalue weighted by atomic mass is 35.5. The van der Waals surface area contributed by atoms with Gasteiger partial charge in [-0.25, -0.2) is 4.90 Å². The second-order valence-electron chi connectivity index (χ2n) is 5.96. The third kappa shape index (κ3) is 4.55. The molecular formula is C19H16Cl2N4O2S. The summed E-state index contributed by atoms with van der Waals surface area (Å²) in [6, 6.07) is 14.1. The standard InChI is InChI=1S/C19H16Cl2N4O2S/c1-11(12-5-3-2-4-6-12)23-24-19(22)28-16-10-17(26)25(18(16)27)15-9-13(20)7-8-14(15)21/h2-9,16H,10H2,1H3,(H2,22,24)/b23-11-/t16-/m1/s1. The summed E-state index contributed by atoms with van der Waals surface area (Å²) < 4.78 is 0. The van der Waals surface area contributed by atoms with Crippen LogP contribution >= 0.6 is 35.0 Å². The molecule has 0 aliphatic carbocycles. The average Bonchev–Trinajstić information content (AvgIpc) is 2.95. The Bertz CT molecular complexity index is 979. The van der Waals surface area contributed by atoms with Gasteiger partial charge in [-0.2, -0.15) is 5.10 Å². The fraction of sp³-hybridized carbons (Fsp3) is 0.158. The molecule has 3 rings (SSSR count). The summed E-state index contributed by atoms with van der Waals surface area (Å²) in [5, 5.41) is 8.11. The number of carbonyl (C=O) groups is 2. The van der Waals surface area contributed by atoms with Crippen molar-refractivity contribution in [1.82, 2.24) is 0 Å². The minimum Gasteiger partial charge on any atom is -0.377 e. The van der Waals surface area contributed by atoms with Crippen molar-refractivity contribution in [3.05, 3.63) is 64.1 Å². The number of anilines is 1. The van der Waals surface area contributed by atoms with Gasteiger partial charge in [-0.15, -0.1) is 5.10 Å². The quantitative estimate of drug-likeness (QED) is 0.339. The fourth-order valence-electron chi connectivity index (χ4n) is 2.64. The molecule has 1 aliphatic rings. The smallest absolute Gasteiger partial charge is 0.247 e. The van der Waals surface area contributed by atoms with E-state index in [0.717, 1.165) is 22.2 Å². The van der Waals surface area contributed by atoms with Gasteiger partial charge >= 0.3 is 0 Å². The lowest BCUT2D eigenvalue weighted by atomic mass is 10.1. The average molecular weight is 435 g/mol. The second-order valence-corrected chi connectivity index (χ2v) is 8.03. The minimum atomic E-state index is -0.696. The molecule has 0 radical (unpaired) electrons. The molecule has 28 heavy (non-hydrogen) atoms. The number of rotatable bonds is 4. The SMILES string of the molecule is C/C(=N/N=C(N)S[C@@H]1CC(=O)N(c2cc(Cl)ccc2Cl)C1=O)c1ccccc1. The Morgan fingerprint density at radius 3 is 2.57 bits per heavy atom. The lowest BCUT2D eigenvalue weighted by Crippen LogP contribution is -2.32. The van der Waals surface area contributed by atoms with Gasteiger partial charge < -0.3 is 5.73 Å². The van der Waals surface area contributed by atoms with Gasteiger partial charge in [-0.1, -0.05) is 65.3 Å². The molecule has 0 spiro atoms. The number of nitrogens with zero attached hydrogens (tertiary/aromatic N) is 3. The summed E-state index contributed by atoms with van der Waals surface area (Å²) >= 11 is 13.1. The van der Waals surface area contributed by atoms with E-state index in [1.54, 1.807) is 6.07 Å².